The van der Waals surface area contributed by atoms with Crippen molar-refractivity contribution in [3.05, 3.63) is 0 Å². The fourth-order valence-corrected chi connectivity index (χ4v) is 3.23. The first kappa shape index (κ1) is 18.1. The average molecular weight is 324 g/mol. The summed E-state index contributed by atoms with van der Waals surface area (Å²) in [5.41, 5.74) is -0.460. The van der Waals surface area contributed by atoms with E-state index in [1.807, 2.05) is 20.8 Å². The van der Waals surface area contributed by atoms with Crippen LogP contribution in [0.25, 0.3) is 0 Å². The number of alkyl carbamates (subject to hydrolysis) is 1. The van der Waals surface area contributed by atoms with Crippen LogP contribution >= 0.6 is 0 Å². The number of nitrogens with one attached hydrogen (secondary N) is 2. The molecule has 1 atom stereocenters. The molecule has 0 spiro atoms. The lowest BCUT2D eigenvalue weighted by molar-refractivity contribution is -0.127. The van der Waals surface area contributed by atoms with Gasteiger partial charge in [-0.2, -0.15) is 0 Å². The van der Waals surface area contributed by atoms with Gasteiger partial charge in [-0.1, -0.05) is 0 Å². The fourth-order valence-electron chi connectivity index (χ4n) is 3.23. The second kappa shape index (κ2) is 7.54. The van der Waals surface area contributed by atoms with E-state index in [1.54, 1.807) is 0 Å². The van der Waals surface area contributed by atoms with Crippen LogP contribution in [0.5, 0.6) is 0 Å². The summed E-state index contributed by atoms with van der Waals surface area (Å²) in [6, 6.07) is 0.328. The fraction of sp³-hybridized carbons (Fsp3) is 0.889. The number of carbonyl (C=O) groups excluding carboxylic acids is 2. The summed E-state index contributed by atoms with van der Waals surface area (Å²) in [5, 5.41) is 6.02. The predicted molar refractivity (Wildman–Crippen MR) is 90.0 cm³/mol. The molecule has 5 nitrogen and oxygen atoms in total. The average Bonchev–Trinajstić information content (AvgIpc) is 3.28. The number of carbonyl (C=O) groups is 2. The maximum absolute atomic E-state index is 12.3. The van der Waals surface area contributed by atoms with Crippen molar-refractivity contribution < 1.29 is 14.3 Å². The zero-order valence-electron chi connectivity index (χ0n) is 15.0. The van der Waals surface area contributed by atoms with Gasteiger partial charge in [0.2, 0.25) is 5.91 Å². The summed E-state index contributed by atoms with van der Waals surface area (Å²) >= 11 is 0. The van der Waals surface area contributed by atoms with Crippen molar-refractivity contribution >= 4 is 12.0 Å². The van der Waals surface area contributed by atoms with Crippen LogP contribution in [0.4, 0.5) is 4.79 Å². The van der Waals surface area contributed by atoms with Crippen LogP contribution in [0.1, 0.15) is 66.2 Å². The molecule has 2 saturated carbocycles. The molecule has 0 aromatic heterocycles. The molecule has 0 aliphatic heterocycles. The number of hydrogen-bond acceptors (Lipinski definition) is 3. The molecule has 0 bridgehead atoms. The van der Waals surface area contributed by atoms with Crippen molar-refractivity contribution in [2.24, 2.45) is 17.8 Å². The van der Waals surface area contributed by atoms with E-state index in [9.17, 15) is 9.59 Å². The summed E-state index contributed by atoms with van der Waals surface area (Å²) in [7, 11) is 0. The third-order valence-electron chi connectivity index (χ3n) is 4.85. The van der Waals surface area contributed by atoms with E-state index in [0.717, 1.165) is 25.7 Å². The molecular weight excluding hydrogens is 292 g/mol. The molecule has 132 valence electrons. The minimum Gasteiger partial charge on any atom is -0.444 e. The van der Waals surface area contributed by atoms with Crippen molar-refractivity contribution in [3.8, 4) is 0 Å². The first-order valence-corrected chi connectivity index (χ1v) is 9.02. The highest BCUT2D eigenvalue weighted by Gasteiger charge is 2.32. The highest BCUT2D eigenvalue weighted by molar-refractivity contribution is 5.79. The SMILES string of the molecule is C[C@@H](NC(=O)C1CCC(CNC(=O)OC(C)(C)C)CC1)C1CC1. The largest absolute Gasteiger partial charge is 0.444 e. The first-order valence-electron chi connectivity index (χ1n) is 9.02. The van der Waals surface area contributed by atoms with Gasteiger partial charge in [-0.15, -0.1) is 0 Å². The second-order valence-corrected chi connectivity index (χ2v) is 8.24. The molecule has 2 amide bonds. The highest BCUT2D eigenvalue weighted by atomic mass is 16.6. The molecule has 2 aliphatic rings. The van der Waals surface area contributed by atoms with Crippen LogP contribution in [-0.4, -0.2) is 30.2 Å². The van der Waals surface area contributed by atoms with Crippen LogP contribution < -0.4 is 10.6 Å². The Bertz CT molecular complexity index is 418. The van der Waals surface area contributed by atoms with Crippen LogP contribution in [-0.2, 0) is 9.53 Å². The van der Waals surface area contributed by atoms with Gasteiger partial charge in [0.25, 0.3) is 0 Å². The number of amides is 2. The Labute approximate surface area is 139 Å². The normalized spacial score (nSPS) is 26.3. The second-order valence-electron chi connectivity index (χ2n) is 8.24. The van der Waals surface area contributed by atoms with E-state index in [2.05, 4.69) is 17.6 Å². The van der Waals surface area contributed by atoms with Crippen LogP contribution in [0, 0.1) is 17.8 Å². The Balaban J connectivity index is 1.63. The van der Waals surface area contributed by atoms with E-state index in [4.69, 9.17) is 4.74 Å². The Morgan fingerprint density at radius 1 is 1.09 bits per heavy atom. The Kier molecular flexibility index (Phi) is 5.93. The van der Waals surface area contributed by atoms with Crippen molar-refractivity contribution in [1.82, 2.24) is 10.6 Å². The van der Waals surface area contributed by atoms with Gasteiger partial charge in [0.1, 0.15) is 5.60 Å². The minimum atomic E-state index is -0.460. The standard InChI is InChI=1S/C18H32N2O3/c1-12(14-9-10-14)20-16(21)15-7-5-13(6-8-15)11-19-17(22)23-18(2,3)4/h12-15H,5-11H2,1-4H3,(H,19,22)(H,20,21)/t12-,13?,15?/m1/s1. The summed E-state index contributed by atoms with van der Waals surface area (Å²) < 4.78 is 5.25. The minimum absolute atomic E-state index is 0.147. The molecule has 0 aromatic carbocycles. The maximum atomic E-state index is 12.3. The maximum Gasteiger partial charge on any atom is 0.407 e. The summed E-state index contributed by atoms with van der Waals surface area (Å²) in [6.45, 7) is 8.34. The van der Waals surface area contributed by atoms with Gasteiger partial charge in [0, 0.05) is 18.5 Å². The molecule has 5 heteroatoms. The third-order valence-corrected chi connectivity index (χ3v) is 4.85. The molecule has 23 heavy (non-hydrogen) atoms. The number of rotatable bonds is 5. The Hall–Kier alpha value is -1.26. The summed E-state index contributed by atoms with van der Waals surface area (Å²) in [6.07, 6.45) is 5.98. The van der Waals surface area contributed by atoms with Gasteiger partial charge in [-0.3, -0.25) is 4.79 Å². The van der Waals surface area contributed by atoms with E-state index in [0.29, 0.717) is 24.4 Å². The number of hydrogen-bond donors (Lipinski definition) is 2. The lowest BCUT2D eigenvalue weighted by Crippen LogP contribution is -2.41. The van der Waals surface area contributed by atoms with Crippen molar-refractivity contribution in [2.45, 2.75) is 77.9 Å². The van der Waals surface area contributed by atoms with E-state index in [1.165, 1.54) is 12.8 Å². The molecule has 0 aromatic rings. The quantitative estimate of drug-likeness (QED) is 0.816. The molecule has 0 saturated heterocycles. The van der Waals surface area contributed by atoms with Crippen molar-refractivity contribution in [1.29, 1.82) is 0 Å². The Morgan fingerprint density at radius 3 is 2.22 bits per heavy atom. The molecule has 0 radical (unpaired) electrons. The van der Waals surface area contributed by atoms with E-state index in [-0.39, 0.29) is 17.9 Å². The topological polar surface area (TPSA) is 67.4 Å². The highest BCUT2D eigenvalue weighted by Crippen LogP contribution is 2.33. The first-order chi connectivity index (χ1) is 10.7. The van der Waals surface area contributed by atoms with Crippen LogP contribution in [0.3, 0.4) is 0 Å². The van der Waals surface area contributed by atoms with Gasteiger partial charge in [-0.25, -0.2) is 4.79 Å². The van der Waals surface area contributed by atoms with Crippen molar-refractivity contribution in [2.75, 3.05) is 6.54 Å². The molecule has 2 rings (SSSR count). The monoisotopic (exact) mass is 324 g/mol. The van der Waals surface area contributed by atoms with E-state index >= 15 is 0 Å². The van der Waals surface area contributed by atoms with Gasteiger partial charge < -0.3 is 15.4 Å². The molecule has 0 unspecified atom stereocenters. The molecule has 2 N–H and O–H groups in total. The van der Waals surface area contributed by atoms with Gasteiger partial charge in [0.05, 0.1) is 0 Å². The third kappa shape index (κ3) is 6.40. The van der Waals surface area contributed by atoms with E-state index < -0.39 is 5.60 Å². The molecule has 2 fully saturated rings. The van der Waals surface area contributed by atoms with Crippen LogP contribution in [0.2, 0.25) is 0 Å². The molecule has 2 aliphatic carbocycles. The lowest BCUT2D eigenvalue weighted by Gasteiger charge is -2.29. The predicted octanol–water partition coefficient (Wildman–Crippen LogP) is 3.23. The van der Waals surface area contributed by atoms with Gasteiger partial charge in [-0.05, 0) is 78.1 Å². The smallest absolute Gasteiger partial charge is 0.407 e. The number of ether oxygens (including phenoxy) is 1. The zero-order chi connectivity index (χ0) is 17.0. The lowest BCUT2D eigenvalue weighted by atomic mass is 9.81. The molecular formula is C18H32N2O3. The molecule has 0 heterocycles. The van der Waals surface area contributed by atoms with Crippen molar-refractivity contribution in [3.63, 3.8) is 0 Å². The van der Waals surface area contributed by atoms with Gasteiger partial charge in [0.15, 0.2) is 0 Å². The summed E-state index contributed by atoms with van der Waals surface area (Å²) in [5.74, 6) is 1.53. The van der Waals surface area contributed by atoms with Crippen LogP contribution in [0.15, 0.2) is 0 Å². The van der Waals surface area contributed by atoms with Gasteiger partial charge >= 0.3 is 6.09 Å². The zero-order valence-corrected chi connectivity index (χ0v) is 15.0. The summed E-state index contributed by atoms with van der Waals surface area (Å²) in [4.78, 5) is 23.9. The Morgan fingerprint density at radius 2 is 1.70 bits per heavy atom.